The number of hydrogen-bond acceptors (Lipinski definition) is 7. The molecule has 0 radical (unpaired) electrons. The molecule has 3 saturated heterocycles. The number of nitrogens with one attached hydrogen (secondary N) is 3. The van der Waals surface area contributed by atoms with E-state index in [2.05, 4.69) is 16.0 Å². The van der Waals surface area contributed by atoms with E-state index >= 15 is 0 Å². The Bertz CT molecular complexity index is 768. The number of aliphatic hydroxyl groups is 1. The van der Waals surface area contributed by atoms with E-state index < -0.39 is 30.1 Å². The molecule has 4 rings (SSSR count). The molecule has 0 aromatic rings. The molecule has 0 bridgehead atoms. The Balaban J connectivity index is 1.45. The number of fused-ring (bicyclic) bond motifs is 1. The fourth-order valence-corrected chi connectivity index (χ4v) is 5.78. The Morgan fingerprint density at radius 2 is 2.07 bits per heavy atom. The number of carbonyl (C=O) groups excluding carboxylic acids is 3. The van der Waals surface area contributed by atoms with Gasteiger partial charge in [0, 0.05) is 29.2 Å². The first kappa shape index (κ1) is 18.3. The second-order valence-electron chi connectivity index (χ2n) is 7.25. The first-order valence-electron chi connectivity index (χ1n) is 8.77. The maximum atomic E-state index is 12.2. The van der Waals surface area contributed by atoms with Crippen LogP contribution in [0, 0.1) is 5.92 Å². The van der Waals surface area contributed by atoms with Gasteiger partial charge in [0.15, 0.2) is 0 Å². The van der Waals surface area contributed by atoms with E-state index in [-0.39, 0.29) is 34.8 Å². The maximum absolute atomic E-state index is 12.2. The SMILES string of the molecule is C[C@@H](O)[C@H]1C(=O)N2C(C(=O)O)=C(S[C@@H]3CN[C@H](C4NC(=O)NC4=O)C3)C[C@H]12. The zero-order chi connectivity index (χ0) is 19.5. The predicted octanol–water partition coefficient (Wildman–Crippen LogP) is -1.43. The highest BCUT2D eigenvalue weighted by atomic mass is 32.2. The van der Waals surface area contributed by atoms with Gasteiger partial charge >= 0.3 is 12.0 Å². The van der Waals surface area contributed by atoms with E-state index in [1.54, 1.807) is 0 Å². The smallest absolute Gasteiger partial charge is 0.353 e. The summed E-state index contributed by atoms with van der Waals surface area (Å²) in [6.45, 7) is 2.10. The lowest BCUT2D eigenvalue weighted by Crippen LogP contribution is -2.61. The van der Waals surface area contributed by atoms with Crippen LogP contribution in [0.4, 0.5) is 4.79 Å². The number of nitrogens with zero attached hydrogens (tertiary/aromatic N) is 1. The van der Waals surface area contributed by atoms with Gasteiger partial charge < -0.3 is 25.7 Å². The van der Waals surface area contributed by atoms with Crippen LogP contribution in [0.1, 0.15) is 19.8 Å². The second kappa shape index (κ2) is 6.50. The van der Waals surface area contributed by atoms with Gasteiger partial charge in [-0.1, -0.05) is 0 Å². The number of imide groups is 1. The summed E-state index contributed by atoms with van der Waals surface area (Å²) in [5, 5.41) is 27.4. The van der Waals surface area contributed by atoms with Crippen molar-refractivity contribution in [2.24, 2.45) is 5.92 Å². The summed E-state index contributed by atoms with van der Waals surface area (Å²) in [7, 11) is 0. The van der Waals surface area contributed by atoms with E-state index in [1.165, 1.54) is 23.6 Å². The maximum Gasteiger partial charge on any atom is 0.353 e. The second-order valence-corrected chi connectivity index (χ2v) is 8.65. The van der Waals surface area contributed by atoms with Gasteiger partial charge in [-0.3, -0.25) is 14.9 Å². The van der Waals surface area contributed by atoms with Crippen LogP contribution in [0.3, 0.4) is 0 Å². The number of carboxylic acids is 1. The van der Waals surface area contributed by atoms with Gasteiger partial charge in [0.2, 0.25) is 5.91 Å². The molecule has 5 N–H and O–H groups in total. The van der Waals surface area contributed by atoms with Crippen LogP contribution in [0.15, 0.2) is 10.6 Å². The van der Waals surface area contributed by atoms with Crippen molar-refractivity contribution in [1.82, 2.24) is 20.9 Å². The Kier molecular flexibility index (Phi) is 4.40. The fourth-order valence-electron chi connectivity index (χ4n) is 4.33. The number of carboxylic acid groups (broad SMARTS) is 1. The van der Waals surface area contributed by atoms with Crippen LogP contribution in [0.2, 0.25) is 0 Å². The molecule has 4 amide bonds. The van der Waals surface area contributed by atoms with Gasteiger partial charge in [-0.15, -0.1) is 11.8 Å². The Labute approximate surface area is 158 Å². The molecule has 0 aromatic heterocycles. The van der Waals surface area contributed by atoms with Gasteiger partial charge in [-0.2, -0.15) is 0 Å². The van der Waals surface area contributed by atoms with Crippen molar-refractivity contribution in [2.75, 3.05) is 6.54 Å². The molecule has 27 heavy (non-hydrogen) atoms. The average Bonchev–Trinajstić information content (AvgIpc) is 3.23. The van der Waals surface area contributed by atoms with Crippen LogP contribution >= 0.6 is 11.8 Å². The van der Waals surface area contributed by atoms with Crippen LogP contribution in [0.5, 0.6) is 0 Å². The third kappa shape index (κ3) is 2.89. The molecule has 146 valence electrons. The summed E-state index contributed by atoms with van der Waals surface area (Å²) in [5.41, 5.74) is 0.00209. The lowest BCUT2D eigenvalue weighted by molar-refractivity contribution is -0.161. The van der Waals surface area contributed by atoms with E-state index in [1.807, 2.05) is 0 Å². The number of aliphatic carboxylic acids is 1. The fraction of sp³-hybridized carbons (Fsp3) is 0.625. The van der Waals surface area contributed by atoms with Crippen molar-refractivity contribution in [1.29, 1.82) is 0 Å². The number of rotatable bonds is 5. The number of aliphatic hydroxyl groups excluding tert-OH is 1. The number of β-lactam (4-membered cyclic amide) rings is 1. The van der Waals surface area contributed by atoms with Crippen LogP contribution in [-0.2, 0) is 14.4 Å². The molecule has 0 aliphatic carbocycles. The van der Waals surface area contributed by atoms with E-state index in [0.717, 1.165) is 0 Å². The van der Waals surface area contributed by atoms with Crippen molar-refractivity contribution in [3.05, 3.63) is 10.6 Å². The topological polar surface area (TPSA) is 148 Å². The predicted molar refractivity (Wildman–Crippen MR) is 93.3 cm³/mol. The highest BCUT2D eigenvalue weighted by Crippen LogP contribution is 2.48. The van der Waals surface area contributed by atoms with Gasteiger partial charge in [-0.25, -0.2) is 9.59 Å². The molecule has 11 heteroatoms. The lowest BCUT2D eigenvalue weighted by atomic mass is 9.83. The summed E-state index contributed by atoms with van der Waals surface area (Å²) in [4.78, 5) is 48.9. The molecule has 10 nitrogen and oxygen atoms in total. The Morgan fingerprint density at radius 3 is 2.67 bits per heavy atom. The van der Waals surface area contributed by atoms with Crippen molar-refractivity contribution in [2.45, 2.75) is 49.2 Å². The number of urea groups is 1. The van der Waals surface area contributed by atoms with Gasteiger partial charge in [0.25, 0.3) is 5.91 Å². The molecule has 6 atom stereocenters. The molecule has 0 aromatic carbocycles. The van der Waals surface area contributed by atoms with Gasteiger partial charge in [0.05, 0.1) is 18.1 Å². The summed E-state index contributed by atoms with van der Waals surface area (Å²) >= 11 is 1.40. The molecule has 3 fully saturated rings. The zero-order valence-electron chi connectivity index (χ0n) is 14.5. The monoisotopic (exact) mass is 396 g/mol. The minimum atomic E-state index is -1.15. The number of carbonyl (C=O) groups is 4. The molecular weight excluding hydrogens is 376 g/mol. The third-order valence-corrected chi connectivity index (χ3v) is 6.87. The molecule has 4 heterocycles. The van der Waals surface area contributed by atoms with E-state index in [0.29, 0.717) is 24.3 Å². The number of amides is 4. The van der Waals surface area contributed by atoms with Crippen LogP contribution in [0.25, 0.3) is 0 Å². The molecular formula is C16H20N4O6S. The van der Waals surface area contributed by atoms with E-state index in [4.69, 9.17) is 0 Å². The minimum absolute atomic E-state index is 0.00209. The summed E-state index contributed by atoms with van der Waals surface area (Å²) in [6, 6.07) is -1.69. The molecule has 0 saturated carbocycles. The third-order valence-electron chi connectivity index (χ3n) is 5.53. The van der Waals surface area contributed by atoms with Crippen LogP contribution in [-0.4, -0.2) is 75.0 Å². The normalized spacial score (nSPS) is 36.4. The highest BCUT2D eigenvalue weighted by Gasteiger charge is 2.57. The Hall–Kier alpha value is -2.11. The molecule has 1 unspecified atom stereocenters. The lowest BCUT2D eigenvalue weighted by Gasteiger charge is -2.44. The van der Waals surface area contributed by atoms with Crippen molar-refractivity contribution >= 4 is 35.6 Å². The molecule has 4 aliphatic heterocycles. The number of hydrogen-bond donors (Lipinski definition) is 5. The number of thioether (sulfide) groups is 1. The Morgan fingerprint density at radius 1 is 1.33 bits per heavy atom. The van der Waals surface area contributed by atoms with E-state index in [9.17, 15) is 29.4 Å². The van der Waals surface area contributed by atoms with Crippen molar-refractivity contribution in [3.63, 3.8) is 0 Å². The van der Waals surface area contributed by atoms with Crippen molar-refractivity contribution < 1.29 is 29.4 Å². The first-order chi connectivity index (χ1) is 12.8. The van der Waals surface area contributed by atoms with Gasteiger partial charge in [0.1, 0.15) is 11.7 Å². The summed E-state index contributed by atoms with van der Waals surface area (Å²) in [6.07, 6.45) is 0.174. The zero-order valence-corrected chi connectivity index (χ0v) is 15.3. The first-order valence-corrected chi connectivity index (χ1v) is 9.65. The minimum Gasteiger partial charge on any atom is -0.477 e. The average molecular weight is 396 g/mol. The summed E-state index contributed by atoms with van der Waals surface area (Å²) < 4.78 is 0. The molecule has 4 aliphatic rings. The van der Waals surface area contributed by atoms with Crippen molar-refractivity contribution in [3.8, 4) is 0 Å². The summed E-state index contributed by atoms with van der Waals surface area (Å²) in [5.74, 6) is -2.44. The highest BCUT2D eigenvalue weighted by molar-refractivity contribution is 8.03. The van der Waals surface area contributed by atoms with Gasteiger partial charge in [-0.05, 0) is 13.3 Å². The molecule has 0 spiro atoms. The standard InChI is InChI=1S/C16H20N4O6S/c1-5(21)10-8-3-9(12(15(24)25)20(8)14(10)23)27-6-2-7(17-4-6)11-13(22)19-16(26)18-11/h5-8,10-11,17,21H,2-4H2,1H3,(H,24,25)(H2,18,19,22,26)/t5-,6+,7+,8-,10-,11?/m1/s1. The van der Waals surface area contributed by atoms with Crippen LogP contribution < -0.4 is 16.0 Å². The quantitative estimate of drug-likeness (QED) is 0.280. The largest absolute Gasteiger partial charge is 0.477 e.